The average Bonchev–Trinajstić information content (AvgIpc) is 2.92. The van der Waals surface area contributed by atoms with Gasteiger partial charge in [-0.1, -0.05) is 6.07 Å². The molecule has 1 fully saturated rings. The Morgan fingerprint density at radius 3 is 2.68 bits per heavy atom. The molecule has 2 aromatic rings. The van der Waals surface area contributed by atoms with Gasteiger partial charge in [0, 0.05) is 24.1 Å². The lowest BCUT2D eigenvalue weighted by molar-refractivity contribution is -0.136. The van der Waals surface area contributed by atoms with E-state index in [1.807, 2.05) is 31.2 Å². The van der Waals surface area contributed by atoms with Gasteiger partial charge in [-0.05, 0) is 43.2 Å². The number of hydrogen-bond donors (Lipinski definition) is 1. The van der Waals surface area contributed by atoms with Gasteiger partial charge in [-0.3, -0.25) is 19.7 Å². The third-order valence-corrected chi connectivity index (χ3v) is 4.62. The first-order chi connectivity index (χ1) is 12.0. The number of imide groups is 1. The highest BCUT2D eigenvalue weighted by Gasteiger charge is 2.39. The molecule has 1 N–H and O–H groups in total. The Kier molecular flexibility index (Phi) is 3.56. The van der Waals surface area contributed by atoms with E-state index >= 15 is 0 Å². The topological polar surface area (TPSA) is 92.3 Å². The zero-order valence-corrected chi connectivity index (χ0v) is 13.7. The van der Waals surface area contributed by atoms with Gasteiger partial charge in [-0.25, -0.2) is 0 Å². The van der Waals surface area contributed by atoms with Crippen molar-refractivity contribution in [3.63, 3.8) is 0 Å². The Balaban J connectivity index is 1.62. The van der Waals surface area contributed by atoms with E-state index in [4.69, 9.17) is 0 Å². The summed E-state index contributed by atoms with van der Waals surface area (Å²) in [5, 5.41) is 10.5. The number of amides is 3. The molecule has 4 rings (SSSR count). The fraction of sp³-hybridized carbons (Fsp3) is 0.278. The smallest absolute Gasteiger partial charge is 0.255 e. The average molecular weight is 336 g/mol. The second-order valence-corrected chi connectivity index (χ2v) is 6.33. The maximum Gasteiger partial charge on any atom is 0.255 e. The van der Waals surface area contributed by atoms with Crippen LogP contribution in [0.5, 0.6) is 0 Å². The van der Waals surface area contributed by atoms with E-state index < -0.39 is 11.9 Å². The first-order valence-corrected chi connectivity index (χ1v) is 8.11. The number of aryl methyl sites for hydroxylation is 1. The summed E-state index contributed by atoms with van der Waals surface area (Å²) in [6, 6.07) is 8.69. The zero-order valence-electron chi connectivity index (χ0n) is 13.7. The molecule has 0 saturated carbocycles. The van der Waals surface area contributed by atoms with Crippen LogP contribution >= 0.6 is 0 Å². The number of benzene rings is 1. The molecule has 126 valence electrons. The molecule has 1 unspecified atom stereocenters. The fourth-order valence-electron chi connectivity index (χ4n) is 3.29. The lowest BCUT2D eigenvalue weighted by Crippen LogP contribution is -2.52. The Labute approximate surface area is 144 Å². The molecule has 0 bridgehead atoms. The summed E-state index contributed by atoms with van der Waals surface area (Å²) in [6.45, 7) is 2.23. The second-order valence-electron chi connectivity index (χ2n) is 6.33. The first kappa shape index (κ1) is 15.4. The SMILES string of the molecule is Cc1ccc(-c2ccc3c(c2)CN(C2CCC(=O)NC2=O)C3=O)nn1. The van der Waals surface area contributed by atoms with Crippen LogP contribution in [0.4, 0.5) is 0 Å². The Hall–Kier alpha value is -3.09. The van der Waals surface area contributed by atoms with Crippen molar-refractivity contribution in [1.82, 2.24) is 20.4 Å². The minimum Gasteiger partial charge on any atom is -0.322 e. The van der Waals surface area contributed by atoms with Crippen LogP contribution in [-0.4, -0.2) is 38.9 Å². The minimum absolute atomic E-state index is 0.175. The predicted molar refractivity (Wildman–Crippen MR) is 88.3 cm³/mol. The monoisotopic (exact) mass is 336 g/mol. The molecular formula is C18H16N4O3. The summed E-state index contributed by atoms with van der Waals surface area (Å²) in [6.07, 6.45) is 0.613. The molecule has 0 radical (unpaired) electrons. The van der Waals surface area contributed by atoms with Crippen LogP contribution in [0.15, 0.2) is 30.3 Å². The molecular weight excluding hydrogens is 320 g/mol. The standard InChI is InChI=1S/C18H16N4O3/c1-10-2-5-14(21-20-10)11-3-4-13-12(8-11)9-22(18(13)25)15-6-7-16(23)19-17(15)24/h2-5,8,15H,6-7,9H2,1H3,(H,19,23,24). The molecule has 25 heavy (non-hydrogen) atoms. The number of nitrogens with one attached hydrogen (secondary N) is 1. The Morgan fingerprint density at radius 2 is 1.96 bits per heavy atom. The van der Waals surface area contributed by atoms with E-state index in [1.54, 1.807) is 6.07 Å². The van der Waals surface area contributed by atoms with Gasteiger partial charge in [0.25, 0.3) is 5.91 Å². The Morgan fingerprint density at radius 1 is 1.12 bits per heavy atom. The van der Waals surface area contributed by atoms with Crippen molar-refractivity contribution in [2.45, 2.75) is 32.4 Å². The van der Waals surface area contributed by atoms with Gasteiger partial charge in [0.2, 0.25) is 11.8 Å². The highest BCUT2D eigenvalue weighted by molar-refractivity contribution is 6.05. The van der Waals surface area contributed by atoms with Crippen LogP contribution in [-0.2, 0) is 16.1 Å². The van der Waals surface area contributed by atoms with Crippen molar-refractivity contribution in [2.75, 3.05) is 0 Å². The minimum atomic E-state index is -0.597. The summed E-state index contributed by atoms with van der Waals surface area (Å²) < 4.78 is 0. The normalized spacial score (nSPS) is 19.8. The van der Waals surface area contributed by atoms with Gasteiger partial charge >= 0.3 is 0 Å². The van der Waals surface area contributed by atoms with Crippen LogP contribution in [0.1, 0.15) is 34.5 Å². The summed E-state index contributed by atoms with van der Waals surface area (Å²) in [4.78, 5) is 37.6. The third-order valence-electron chi connectivity index (χ3n) is 4.62. The molecule has 7 heteroatoms. The number of hydrogen-bond acceptors (Lipinski definition) is 5. The molecule has 2 aliphatic heterocycles. The van der Waals surface area contributed by atoms with Crippen LogP contribution in [0.3, 0.4) is 0 Å². The molecule has 0 spiro atoms. The van der Waals surface area contributed by atoms with E-state index in [0.29, 0.717) is 18.5 Å². The van der Waals surface area contributed by atoms with Crippen molar-refractivity contribution in [1.29, 1.82) is 0 Å². The largest absolute Gasteiger partial charge is 0.322 e. The Bertz CT molecular complexity index is 892. The van der Waals surface area contributed by atoms with Crippen molar-refractivity contribution < 1.29 is 14.4 Å². The quantitative estimate of drug-likeness (QED) is 0.832. The molecule has 3 heterocycles. The number of carbonyl (C=O) groups is 3. The molecule has 3 amide bonds. The summed E-state index contributed by atoms with van der Waals surface area (Å²) in [5.74, 6) is -0.862. The first-order valence-electron chi connectivity index (χ1n) is 8.11. The fourth-order valence-corrected chi connectivity index (χ4v) is 3.29. The molecule has 7 nitrogen and oxygen atoms in total. The number of nitrogens with zero attached hydrogens (tertiary/aromatic N) is 3. The number of carbonyl (C=O) groups excluding carboxylic acids is 3. The lowest BCUT2D eigenvalue weighted by Gasteiger charge is -2.29. The van der Waals surface area contributed by atoms with Crippen molar-refractivity contribution in [3.05, 3.63) is 47.2 Å². The van der Waals surface area contributed by atoms with Gasteiger partial charge in [-0.15, -0.1) is 0 Å². The van der Waals surface area contributed by atoms with Crippen molar-refractivity contribution in [3.8, 4) is 11.3 Å². The van der Waals surface area contributed by atoms with Gasteiger partial charge in [0.1, 0.15) is 6.04 Å². The highest BCUT2D eigenvalue weighted by atomic mass is 16.2. The van der Waals surface area contributed by atoms with Crippen LogP contribution in [0, 0.1) is 6.92 Å². The van der Waals surface area contributed by atoms with Crippen molar-refractivity contribution in [2.24, 2.45) is 0 Å². The lowest BCUT2D eigenvalue weighted by atomic mass is 10.0. The van der Waals surface area contributed by atoms with Gasteiger partial charge in [0.05, 0.1) is 11.4 Å². The van der Waals surface area contributed by atoms with Crippen LogP contribution in [0.2, 0.25) is 0 Å². The van der Waals surface area contributed by atoms with Crippen LogP contribution in [0.25, 0.3) is 11.3 Å². The molecule has 1 saturated heterocycles. The highest BCUT2D eigenvalue weighted by Crippen LogP contribution is 2.30. The van der Waals surface area contributed by atoms with E-state index in [-0.39, 0.29) is 18.2 Å². The zero-order chi connectivity index (χ0) is 17.6. The van der Waals surface area contributed by atoms with E-state index in [0.717, 1.165) is 22.5 Å². The summed E-state index contributed by atoms with van der Waals surface area (Å²) in [5.41, 5.74) is 3.90. The molecule has 1 atom stereocenters. The maximum atomic E-state index is 12.6. The molecule has 1 aromatic heterocycles. The molecule has 2 aliphatic rings. The number of rotatable bonds is 2. The summed E-state index contributed by atoms with van der Waals surface area (Å²) >= 11 is 0. The third kappa shape index (κ3) is 2.67. The van der Waals surface area contributed by atoms with E-state index in [9.17, 15) is 14.4 Å². The molecule has 0 aliphatic carbocycles. The number of piperidine rings is 1. The van der Waals surface area contributed by atoms with Crippen LogP contribution < -0.4 is 5.32 Å². The molecule has 1 aromatic carbocycles. The maximum absolute atomic E-state index is 12.6. The van der Waals surface area contributed by atoms with E-state index in [1.165, 1.54) is 4.90 Å². The summed E-state index contributed by atoms with van der Waals surface area (Å²) in [7, 11) is 0. The number of fused-ring (bicyclic) bond motifs is 1. The number of aromatic nitrogens is 2. The van der Waals surface area contributed by atoms with Gasteiger partial charge in [-0.2, -0.15) is 10.2 Å². The predicted octanol–water partition coefficient (Wildman–Crippen LogP) is 1.21. The van der Waals surface area contributed by atoms with Gasteiger partial charge in [0.15, 0.2) is 0 Å². The second kappa shape index (κ2) is 5.77. The van der Waals surface area contributed by atoms with E-state index in [2.05, 4.69) is 15.5 Å². The van der Waals surface area contributed by atoms with Gasteiger partial charge < -0.3 is 4.90 Å². The van der Waals surface area contributed by atoms with Crippen molar-refractivity contribution >= 4 is 17.7 Å².